The number of anilines is 1. The van der Waals surface area contributed by atoms with E-state index in [0.29, 0.717) is 0 Å². The van der Waals surface area contributed by atoms with Crippen LogP contribution >= 0.6 is 0 Å². The third-order valence-electron chi connectivity index (χ3n) is 7.04. The highest BCUT2D eigenvalue weighted by atomic mass is 32.2. The van der Waals surface area contributed by atoms with Gasteiger partial charge in [-0.05, 0) is 36.1 Å². The highest BCUT2D eigenvalue weighted by Gasteiger charge is 2.34. The zero-order valence-corrected chi connectivity index (χ0v) is 23.1. The lowest BCUT2D eigenvalue weighted by atomic mass is 10.0. The lowest BCUT2D eigenvalue weighted by Crippen LogP contribution is -2.54. The van der Waals surface area contributed by atoms with Crippen LogP contribution in [0.15, 0.2) is 78.9 Å². The Balaban J connectivity index is 1.71. The standard InChI is InChI=1S/C30H33F2N3O4S/c1-40(38,39)35(25-16-17-26(31)27(32)19-25)21-29(36)34(20-23-12-6-3-7-13-23)28(18-22-10-4-2-5-11-22)30(37)33-24-14-8-9-15-24/h2-7,10-13,16-17,19,24,28H,8-9,14-15,18,20-21H2,1H3,(H,33,37). The van der Waals surface area contributed by atoms with Gasteiger partial charge >= 0.3 is 0 Å². The second-order valence-corrected chi connectivity index (χ2v) is 12.0. The lowest BCUT2D eigenvalue weighted by molar-refractivity contribution is -0.140. The maximum absolute atomic E-state index is 14.0. The molecule has 1 N–H and O–H groups in total. The Morgan fingerprint density at radius 1 is 0.900 bits per heavy atom. The molecule has 0 heterocycles. The molecule has 0 aliphatic heterocycles. The predicted octanol–water partition coefficient (Wildman–Crippen LogP) is 4.43. The number of rotatable bonds is 11. The smallest absolute Gasteiger partial charge is 0.244 e. The van der Waals surface area contributed by atoms with Gasteiger partial charge in [0.25, 0.3) is 0 Å². The fourth-order valence-corrected chi connectivity index (χ4v) is 5.80. The first kappa shape index (κ1) is 29.2. The van der Waals surface area contributed by atoms with Crippen molar-refractivity contribution in [1.82, 2.24) is 10.2 Å². The van der Waals surface area contributed by atoms with Crippen molar-refractivity contribution in [3.8, 4) is 0 Å². The number of hydrogen-bond acceptors (Lipinski definition) is 4. The SMILES string of the molecule is CS(=O)(=O)N(CC(=O)N(Cc1ccccc1)C(Cc1ccccc1)C(=O)NC1CCCC1)c1ccc(F)c(F)c1. The number of carbonyl (C=O) groups is 2. The summed E-state index contributed by atoms with van der Waals surface area (Å²) in [5.74, 6) is -3.35. The molecule has 3 aromatic rings. The van der Waals surface area contributed by atoms with Gasteiger partial charge in [0.05, 0.1) is 11.9 Å². The molecular formula is C30H33F2N3O4S. The molecule has 2 amide bonds. The molecule has 10 heteroatoms. The molecule has 0 spiro atoms. The van der Waals surface area contributed by atoms with E-state index in [9.17, 15) is 26.8 Å². The van der Waals surface area contributed by atoms with Crippen LogP contribution in [0.4, 0.5) is 14.5 Å². The van der Waals surface area contributed by atoms with Crippen LogP contribution in [0, 0.1) is 11.6 Å². The van der Waals surface area contributed by atoms with Gasteiger partial charge in [0, 0.05) is 25.1 Å². The van der Waals surface area contributed by atoms with Crippen molar-refractivity contribution in [1.29, 1.82) is 0 Å². The van der Waals surface area contributed by atoms with E-state index in [4.69, 9.17) is 0 Å². The van der Waals surface area contributed by atoms with Crippen molar-refractivity contribution in [2.75, 3.05) is 17.1 Å². The van der Waals surface area contributed by atoms with Gasteiger partial charge in [-0.3, -0.25) is 13.9 Å². The first-order chi connectivity index (χ1) is 19.1. The number of benzene rings is 3. The van der Waals surface area contributed by atoms with Crippen LogP contribution in [0.5, 0.6) is 0 Å². The van der Waals surface area contributed by atoms with E-state index in [0.717, 1.165) is 65.6 Å². The van der Waals surface area contributed by atoms with Crippen molar-refractivity contribution >= 4 is 27.5 Å². The average molecular weight is 570 g/mol. The molecule has 0 bridgehead atoms. The molecule has 0 radical (unpaired) electrons. The third kappa shape index (κ3) is 7.65. The van der Waals surface area contributed by atoms with E-state index < -0.39 is 40.2 Å². The van der Waals surface area contributed by atoms with Gasteiger partial charge in [-0.1, -0.05) is 73.5 Å². The van der Waals surface area contributed by atoms with Crippen molar-refractivity contribution < 1.29 is 26.8 Å². The van der Waals surface area contributed by atoms with Gasteiger partial charge in [0.2, 0.25) is 21.8 Å². The van der Waals surface area contributed by atoms with Crippen molar-refractivity contribution in [2.24, 2.45) is 0 Å². The van der Waals surface area contributed by atoms with Gasteiger partial charge in [0.15, 0.2) is 11.6 Å². The van der Waals surface area contributed by atoms with Gasteiger partial charge in [-0.25, -0.2) is 17.2 Å². The van der Waals surface area contributed by atoms with Crippen LogP contribution in [0.3, 0.4) is 0 Å². The zero-order chi connectivity index (χ0) is 28.7. The van der Waals surface area contributed by atoms with Crippen LogP contribution in [-0.2, 0) is 32.6 Å². The Labute approximate surface area is 233 Å². The summed E-state index contributed by atoms with van der Waals surface area (Å²) in [5, 5.41) is 3.09. The fraction of sp³-hybridized carbons (Fsp3) is 0.333. The van der Waals surface area contributed by atoms with E-state index in [1.165, 1.54) is 4.90 Å². The van der Waals surface area contributed by atoms with Gasteiger partial charge in [0.1, 0.15) is 12.6 Å². The molecule has 1 atom stereocenters. The van der Waals surface area contributed by atoms with Crippen molar-refractivity contribution in [3.63, 3.8) is 0 Å². The molecule has 1 unspecified atom stereocenters. The fourth-order valence-electron chi connectivity index (χ4n) is 4.96. The predicted molar refractivity (Wildman–Crippen MR) is 150 cm³/mol. The van der Waals surface area contributed by atoms with Crippen molar-refractivity contribution in [3.05, 3.63) is 102 Å². The van der Waals surface area contributed by atoms with Crippen LogP contribution < -0.4 is 9.62 Å². The molecule has 3 aromatic carbocycles. The summed E-state index contributed by atoms with van der Waals surface area (Å²) in [5.41, 5.74) is 1.39. The van der Waals surface area contributed by atoms with E-state index in [1.807, 2.05) is 60.7 Å². The Morgan fingerprint density at radius 3 is 2.08 bits per heavy atom. The largest absolute Gasteiger partial charge is 0.352 e. The average Bonchev–Trinajstić information content (AvgIpc) is 3.44. The summed E-state index contributed by atoms with van der Waals surface area (Å²) in [7, 11) is -4.08. The second kappa shape index (κ2) is 13.0. The van der Waals surface area contributed by atoms with E-state index in [1.54, 1.807) is 0 Å². The quantitative estimate of drug-likeness (QED) is 0.370. The topological polar surface area (TPSA) is 86.8 Å². The molecule has 0 aromatic heterocycles. The number of halogens is 2. The highest BCUT2D eigenvalue weighted by molar-refractivity contribution is 7.92. The number of hydrogen-bond donors (Lipinski definition) is 1. The molecule has 1 saturated carbocycles. The summed E-state index contributed by atoms with van der Waals surface area (Å²) in [6.07, 6.45) is 4.83. The molecule has 40 heavy (non-hydrogen) atoms. The van der Waals surface area contributed by atoms with Crippen LogP contribution in [0.25, 0.3) is 0 Å². The summed E-state index contributed by atoms with van der Waals surface area (Å²) in [6.45, 7) is -0.649. The van der Waals surface area contributed by atoms with Gasteiger partial charge in [-0.2, -0.15) is 0 Å². The van der Waals surface area contributed by atoms with Crippen molar-refractivity contribution in [2.45, 2.75) is 50.7 Å². The molecule has 0 saturated heterocycles. The minimum atomic E-state index is -4.08. The molecular weight excluding hydrogens is 536 g/mol. The number of amides is 2. The summed E-state index contributed by atoms with van der Waals surface area (Å²) >= 11 is 0. The maximum Gasteiger partial charge on any atom is 0.244 e. The summed E-state index contributed by atoms with van der Waals surface area (Å²) in [6, 6.07) is 20.1. The Hall–Kier alpha value is -3.79. The Morgan fingerprint density at radius 2 is 1.50 bits per heavy atom. The molecule has 1 fully saturated rings. The molecule has 1 aliphatic carbocycles. The molecule has 212 valence electrons. The highest BCUT2D eigenvalue weighted by Crippen LogP contribution is 2.23. The number of nitrogens with zero attached hydrogens (tertiary/aromatic N) is 2. The zero-order valence-electron chi connectivity index (χ0n) is 22.3. The summed E-state index contributed by atoms with van der Waals surface area (Å²) in [4.78, 5) is 29.1. The minimum Gasteiger partial charge on any atom is -0.352 e. The third-order valence-corrected chi connectivity index (χ3v) is 8.18. The number of nitrogens with one attached hydrogen (secondary N) is 1. The van der Waals surface area contributed by atoms with Crippen LogP contribution in [0.2, 0.25) is 0 Å². The molecule has 7 nitrogen and oxygen atoms in total. The normalized spacial score (nSPS) is 14.5. The van der Waals surface area contributed by atoms with Crippen LogP contribution in [-0.4, -0.2) is 50.0 Å². The minimum absolute atomic E-state index is 0.00848. The van der Waals surface area contributed by atoms with Gasteiger partial charge < -0.3 is 10.2 Å². The molecule has 4 rings (SSSR count). The lowest BCUT2D eigenvalue weighted by Gasteiger charge is -2.34. The van der Waals surface area contributed by atoms with Gasteiger partial charge in [-0.15, -0.1) is 0 Å². The number of carbonyl (C=O) groups excluding carboxylic acids is 2. The maximum atomic E-state index is 14.0. The summed E-state index contributed by atoms with van der Waals surface area (Å²) < 4.78 is 53.8. The second-order valence-electron chi connectivity index (χ2n) is 10.1. The Bertz CT molecular complexity index is 1420. The number of sulfonamides is 1. The Kier molecular flexibility index (Phi) is 9.52. The monoisotopic (exact) mass is 569 g/mol. The van der Waals surface area contributed by atoms with E-state index >= 15 is 0 Å². The first-order valence-corrected chi connectivity index (χ1v) is 15.1. The molecule has 1 aliphatic rings. The van der Waals surface area contributed by atoms with Crippen LogP contribution in [0.1, 0.15) is 36.8 Å². The first-order valence-electron chi connectivity index (χ1n) is 13.2. The van der Waals surface area contributed by atoms with E-state index in [-0.39, 0.29) is 30.6 Å². The van der Waals surface area contributed by atoms with E-state index in [2.05, 4.69) is 5.32 Å².